The molecule has 0 spiro atoms. The number of hydrogen-bond acceptors (Lipinski definition) is 2. The van der Waals surface area contributed by atoms with Crippen molar-refractivity contribution in [1.82, 2.24) is 9.97 Å². The molecule has 1 heterocycles. The molecule has 0 saturated carbocycles. The highest BCUT2D eigenvalue weighted by molar-refractivity contribution is 5.89. The van der Waals surface area contributed by atoms with E-state index in [-0.39, 0.29) is 5.82 Å². The van der Waals surface area contributed by atoms with Crippen molar-refractivity contribution in [1.29, 1.82) is 0 Å². The van der Waals surface area contributed by atoms with E-state index in [0.29, 0.717) is 5.92 Å². The summed E-state index contributed by atoms with van der Waals surface area (Å²) in [5.41, 5.74) is 6.96. The van der Waals surface area contributed by atoms with Gasteiger partial charge in [-0.2, -0.15) is 0 Å². The monoisotopic (exact) mass is 181 g/mol. The molecule has 1 aromatic rings. The molecule has 0 aliphatic carbocycles. The number of hydrogen-bond donors (Lipinski definition) is 2. The highest BCUT2D eigenvalue weighted by Gasteiger charge is 2.11. The molecule has 1 aromatic heterocycles. The summed E-state index contributed by atoms with van der Waals surface area (Å²) in [5, 5.41) is 0. The van der Waals surface area contributed by atoms with Crippen LogP contribution in [0.2, 0.25) is 0 Å². The van der Waals surface area contributed by atoms with Crippen molar-refractivity contribution in [3.8, 4) is 0 Å². The van der Waals surface area contributed by atoms with Gasteiger partial charge in [0, 0.05) is 5.69 Å². The quantitative estimate of drug-likeness (QED) is 0.730. The minimum atomic E-state index is -0.502. The van der Waals surface area contributed by atoms with Gasteiger partial charge in [0.15, 0.2) is 5.82 Å². The number of carbonyl (C=O) groups excluding carboxylic acids is 1. The Hall–Kier alpha value is -1.32. The number of nitrogens with one attached hydrogen (secondary N) is 1. The predicted molar refractivity (Wildman–Crippen MR) is 50.4 cm³/mol. The summed E-state index contributed by atoms with van der Waals surface area (Å²) in [6.07, 6.45) is 0.871. The third-order valence-corrected chi connectivity index (χ3v) is 1.82. The van der Waals surface area contributed by atoms with Crippen LogP contribution in [0, 0.1) is 12.8 Å². The lowest BCUT2D eigenvalue weighted by Crippen LogP contribution is -2.13. The van der Waals surface area contributed by atoms with Crippen molar-refractivity contribution in [2.45, 2.75) is 27.2 Å². The number of nitrogens with zero attached hydrogens (tertiary/aromatic N) is 1. The zero-order valence-electron chi connectivity index (χ0n) is 8.22. The Balaban J connectivity index is 2.90. The van der Waals surface area contributed by atoms with Crippen molar-refractivity contribution in [3.63, 3.8) is 0 Å². The molecule has 0 saturated heterocycles. The van der Waals surface area contributed by atoms with Crippen LogP contribution in [-0.4, -0.2) is 15.9 Å². The third-order valence-electron chi connectivity index (χ3n) is 1.82. The molecule has 13 heavy (non-hydrogen) atoms. The maximum absolute atomic E-state index is 10.8. The second-order valence-electron chi connectivity index (χ2n) is 3.62. The first-order valence-electron chi connectivity index (χ1n) is 4.36. The Bertz CT molecular complexity index is 315. The Morgan fingerprint density at radius 3 is 2.62 bits per heavy atom. The molecule has 0 aliphatic heterocycles. The summed E-state index contributed by atoms with van der Waals surface area (Å²) in [4.78, 5) is 17.8. The number of imidazole rings is 1. The van der Waals surface area contributed by atoms with E-state index in [2.05, 4.69) is 23.8 Å². The first kappa shape index (κ1) is 9.77. The fraction of sp³-hybridized carbons (Fsp3) is 0.556. The van der Waals surface area contributed by atoms with E-state index >= 15 is 0 Å². The number of nitrogens with two attached hydrogens (primary N) is 1. The number of aromatic nitrogens is 2. The molecule has 0 fully saturated rings. The summed E-state index contributed by atoms with van der Waals surface area (Å²) >= 11 is 0. The van der Waals surface area contributed by atoms with Gasteiger partial charge in [0.05, 0.1) is 5.69 Å². The van der Waals surface area contributed by atoms with Crippen molar-refractivity contribution >= 4 is 5.91 Å². The number of aryl methyl sites for hydroxylation is 1. The van der Waals surface area contributed by atoms with Crippen LogP contribution in [0.15, 0.2) is 0 Å². The first-order valence-corrected chi connectivity index (χ1v) is 4.36. The minimum absolute atomic E-state index is 0.258. The molecule has 1 rings (SSSR count). The number of carbonyl (C=O) groups is 1. The molecule has 0 radical (unpaired) electrons. The van der Waals surface area contributed by atoms with Gasteiger partial charge in [-0.1, -0.05) is 13.8 Å². The molecular weight excluding hydrogens is 166 g/mol. The summed E-state index contributed by atoms with van der Waals surface area (Å²) < 4.78 is 0. The molecule has 4 heteroatoms. The van der Waals surface area contributed by atoms with E-state index in [1.165, 1.54) is 0 Å². The van der Waals surface area contributed by atoms with Gasteiger partial charge >= 0.3 is 0 Å². The smallest absolute Gasteiger partial charge is 0.284 e. The van der Waals surface area contributed by atoms with Crippen LogP contribution < -0.4 is 5.73 Å². The highest BCUT2D eigenvalue weighted by atomic mass is 16.1. The Morgan fingerprint density at radius 1 is 1.62 bits per heavy atom. The van der Waals surface area contributed by atoms with Crippen LogP contribution in [0.5, 0.6) is 0 Å². The zero-order valence-corrected chi connectivity index (χ0v) is 8.22. The number of primary amides is 1. The lowest BCUT2D eigenvalue weighted by atomic mass is 10.1. The van der Waals surface area contributed by atoms with Gasteiger partial charge in [-0.25, -0.2) is 4.98 Å². The maximum Gasteiger partial charge on any atom is 0.284 e. The molecule has 3 N–H and O–H groups in total. The Kier molecular flexibility index (Phi) is 2.70. The number of aromatic amines is 1. The molecule has 72 valence electrons. The summed E-state index contributed by atoms with van der Waals surface area (Å²) in [5.74, 6) is 0.286. The average Bonchev–Trinajstić information content (AvgIpc) is 2.31. The number of rotatable bonds is 3. The van der Waals surface area contributed by atoms with Gasteiger partial charge in [0.1, 0.15) is 0 Å². The van der Waals surface area contributed by atoms with Crippen LogP contribution in [0.3, 0.4) is 0 Å². The summed E-state index contributed by atoms with van der Waals surface area (Å²) in [7, 11) is 0. The van der Waals surface area contributed by atoms with Crippen molar-refractivity contribution in [2.24, 2.45) is 11.7 Å². The van der Waals surface area contributed by atoms with E-state index < -0.39 is 5.91 Å². The van der Waals surface area contributed by atoms with Gasteiger partial charge in [-0.3, -0.25) is 4.79 Å². The predicted octanol–water partition coefficient (Wildman–Crippen LogP) is 1.02. The maximum atomic E-state index is 10.8. The van der Waals surface area contributed by atoms with Gasteiger partial charge in [0.2, 0.25) is 0 Å². The third kappa shape index (κ3) is 2.31. The topological polar surface area (TPSA) is 71.8 Å². The number of H-pyrrole nitrogens is 1. The van der Waals surface area contributed by atoms with E-state index in [0.717, 1.165) is 17.8 Å². The lowest BCUT2D eigenvalue weighted by molar-refractivity contribution is 0.0991. The lowest BCUT2D eigenvalue weighted by Gasteiger charge is -2.00. The molecule has 1 amide bonds. The molecule has 4 nitrogen and oxygen atoms in total. The molecule has 0 aliphatic rings. The summed E-state index contributed by atoms with van der Waals surface area (Å²) in [6, 6.07) is 0. The van der Waals surface area contributed by atoms with Gasteiger partial charge in [-0.05, 0) is 19.3 Å². The Labute approximate surface area is 77.6 Å². The van der Waals surface area contributed by atoms with Crippen molar-refractivity contribution in [3.05, 3.63) is 17.2 Å². The van der Waals surface area contributed by atoms with Gasteiger partial charge in [-0.15, -0.1) is 0 Å². The highest BCUT2D eigenvalue weighted by Crippen LogP contribution is 2.10. The second kappa shape index (κ2) is 3.60. The van der Waals surface area contributed by atoms with E-state index in [1.807, 2.05) is 6.92 Å². The van der Waals surface area contributed by atoms with E-state index in [1.54, 1.807) is 0 Å². The molecule has 0 atom stereocenters. The van der Waals surface area contributed by atoms with Crippen LogP contribution in [0.4, 0.5) is 0 Å². The van der Waals surface area contributed by atoms with Gasteiger partial charge in [0.25, 0.3) is 5.91 Å². The van der Waals surface area contributed by atoms with Crippen molar-refractivity contribution in [2.75, 3.05) is 0 Å². The zero-order chi connectivity index (χ0) is 10.0. The molecule has 0 unspecified atom stereocenters. The van der Waals surface area contributed by atoms with Gasteiger partial charge < -0.3 is 10.7 Å². The molecule has 0 bridgehead atoms. The Morgan fingerprint density at radius 2 is 2.23 bits per heavy atom. The van der Waals surface area contributed by atoms with Crippen LogP contribution in [-0.2, 0) is 6.42 Å². The minimum Gasteiger partial charge on any atom is -0.363 e. The fourth-order valence-corrected chi connectivity index (χ4v) is 1.20. The normalized spacial score (nSPS) is 10.8. The fourth-order valence-electron chi connectivity index (χ4n) is 1.20. The van der Waals surface area contributed by atoms with E-state index in [4.69, 9.17) is 5.73 Å². The standard InChI is InChI=1S/C9H15N3O/c1-5(2)4-7-6(3)11-9(12-7)8(10)13/h5H,4H2,1-3H3,(H2,10,13)(H,11,12). The summed E-state index contributed by atoms with van der Waals surface area (Å²) in [6.45, 7) is 6.12. The van der Waals surface area contributed by atoms with Crippen molar-refractivity contribution < 1.29 is 4.79 Å². The van der Waals surface area contributed by atoms with Crippen LogP contribution in [0.1, 0.15) is 35.9 Å². The largest absolute Gasteiger partial charge is 0.363 e. The SMILES string of the molecule is Cc1[nH]c(C(N)=O)nc1CC(C)C. The average molecular weight is 181 g/mol. The second-order valence-corrected chi connectivity index (χ2v) is 3.62. The van der Waals surface area contributed by atoms with E-state index in [9.17, 15) is 4.79 Å². The molecule has 0 aromatic carbocycles. The van der Waals surface area contributed by atoms with Crippen LogP contribution in [0.25, 0.3) is 0 Å². The number of amides is 1. The molecular formula is C9H15N3O. The van der Waals surface area contributed by atoms with Crippen LogP contribution >= 0.6 is 0 Å². The first-order chi connectivity index (χ1) is 6.00.